The van der Waals surface area contributed by atoms with Gasteiger partial charge in [-0.25, -0.2) is 0 Å². The van der Waals surface area contributed by atoms with Crippen molar-refractivity contribution >= 4 is 17.4 Å². The molecule has 0 spiro atoms. The number of amides is 1. The van der Waals surface area contributed by atoms with Crippen LogP contribution in [0.5, 0.6) is 0 Å². The van der Waals surface area contributed by atoms with E-state index in [9.17, 15) is 9.59 Å². The highest BCUT2D eigenvalue weighted by atomic mass is 16.2. The Labute approximate surface area is 162 Å². The molecule has 0 heterocycles. The molecule has 1 amide bonds. The number of rotatable bonds is 9. The van der Waals surface area contributed by atoms with Crippen LogP contribution in [0.4, 0.5) is 5.69 Å². The number of benzene rings is 2. The van der Waals surface area contributed by atoms with Crippen LogP contribution >= 0.6 is 0 Å². The summed E-state index contributed by atoms with van der Waals surface area (Å²) in [5.41, 5.74) is 3.32. The summed E-state index contributed by atoms with van der Waals surface area (Å²) >= 11 is 0. The highest BCUT2D eigenvalue weighted by Crippen LogP contribution is 2.13. The first-order valence-corrected chi connectivity index (χ1v) is 9.13. The maximum atomic E-state index is 12.4. The number of ketones is 1. The summed E-state index contributed by atoms with van der Waals surface area (Å²) in [6.45, 7) is 2.43. The molecule has 0 unspecified atom stereocenters. The summed E-state index contributed by atoms with van der Waals surface area (Å²) in [5.74, 6) is -0.173. The second-order valence-electron chi connectivity index (χ2n) is 7.15. The fraction of sp³-hybridized carbons (Fsp3) is 0.364. The van der Waals surface area contributed by atoms with Crippen LogP contribution in [-0.2, 0) is 22.6 Å². The van der Waals surface area contributed by atoms with Gasteiger partial charge in [0.15, 0.2) is 5.78 Å². The van der Waals surface area contributed by atoms with Crippen LogP contribution in [0.25, 0.3) is 0 Å². The number of hydrogen-bond donors (Lipinski definition) is 1. The summed E-state index contributed by atoms with van der Waals surface area (Å²) in [5, 5.41) is 2.87. The molecule has 0 radical (unpaired) electrons. The van der Waals surface area contributed by atoms with Gasteiger partial charge in [-0.15, -0.1) is 0 Å². The summed E-state index contributed by atoms with van der Waals surface area (Å²) in [4.78, 5) is 28.3. The zero-order valence-corrected chi connectivity index (χ0v) is 16.6. The van der Waals surface area contributed by atoms with Crippen molar-refractivity contribution in [2.75, 3.05) is 32.6 Å². The largest absolute Gasteiger partial charge is 0.378 e. The Morgan fingerprint density at radius 2 is 1.56 bits per heavy atom. The van der Waals surface area contributed by atoms with E-state index >= 15 is 0 Å². The lowest BCUT2D eigenvalue weighted by Gasteiger charge is -2.20. The SMILES string of the molecule is CC(=O)[C@H](Cc1ccccc1)NC(=O)CN(C)Cc1ccc(N(C)C)cc1. The van der Waals surface area contributed by atoms with Gasteiger partial charge in [-0.05, 0) is 43.7 Å². The third kappa shape index (κ3) is 6.87. The topological polar surface area (TPSA) is 52.7 Å². The van der Waals surface area contributed by atoms with Gasteiger partial charge in [-0.3, -0.25) is 14.5 Å². The average Bonchev–Trinajstić information content (AvgIpc) is 2.62. The maximum absolute atomic E-state index is 12.4. The minimum Gasteiger partial charge on any atom is -0.378 e. The number of hydrogen-bond acceptors (Lipinski definition) is 4. The number of nitrogens with one attached hydrogen (secondary N) is 1. The number of carbonyl (C=O) groups excluding carboxylic acids is 2. The Morgan fingerprint density at radius 1 is 0.926 bits per heavy atom. The number of nitrogens with zero attached hydrogens (tertiary/aromatic N) is 2. The van der Waals surface area contributed by atoms with Crippen LogP contribution in [0, 0.1) is 0 Å². The van der Waals surface area contributed by atoms with Crippen molar-refractivity contribution in [1.82, 2.24) is 10.2 Å². The molecule has 0 aromatic heterocycles. The molecule has 1 atom stereocenters. The fourth-order valence-electron chi connectivity index (χ4n) is 2.90. The molecule has 27 heavy (non-hydrogen) atoms. The summed E-state index contributed by atoms with van der Waals surface area (Å²) in [7, 11) is 5.91. The average molecular weight is 367 g/mol. The molecule has 2 aromatic carbocycles. The number of carbonyl (C=O) groups is 2. The molecule has 0 fully saturated rings. The van der Waals surface area contributed by atoms with E-state index in [4.69, 9.17) is 0 Å². The van der Waals surface area contributed by atoms with Crippen molar-refractivity contribution in [2.45, 2.75) is 25.9 Å². The van der Waals surface area contributed by atoms with E-state index in [0.717, 1.165) is 16.8 Å². The highest BCUT2D eigenvalue weighted by Gasteiger charge is 2.18. The van der Waals surface area contributed by atoms with E-state index in [1.165, 1.54) is 6.92 Å². The third-order valence-electron chi connectivity index (χ3n) is 4.43. The van der Waals surface area contributed by atoms with Crippen molar-refractivity contribution < 1.29 is 9.59 Å². The van der Waals surface area contributed by atoms with Gasteiger partial charge in [0.1, 0.15) is 0 Å². The molecule has 0 aliphatic rings. The van der Waals surface area contributed by atoms with Crippen molar-refractivity contribution in [3.05, 3.63) is 65.7 Å². The Morgan fingerprint density at radius 3 is 2.11 bits per heavy atom. The molecular formula is C22H29N3O2. The van der Waals surface area contributed by atoms with Gasteiger partial charge >= 0.3 is 0 Å². The molecule has 0 bridgehead atoms. The van der Waals surface area contributed by atoms with Gasteiger partial charge < -0.3 is 10.2 Å². The summed E-state index contributed by atoms with van der Waals surface area (Å²) < 4.78 is 0. The molecule has 2 rings (SSSR count). The second-order valence-corrected chi connectivity index (χ2v) is 7.15. The van der Waals surface area contributed by atoms with E-state index in [1.54, 1.807) is 0 Å². The fourth-order valence-corrected chi connectivity index (χ4v) is 2.90. The van der Waals surface area contributed by atoms with Crippen molar-refractivity contribution in [3.8, 4) is 0 Å². The number of anilines is 1. The lowest BCUT2D eigenvalue weighted by atomic mass is 10.0. The lowest BCUT2D eigenvalue weighted by molar-refractivity contribution is -0.127. The third-order valence-corrected chi connectivity index (χ3v) is 4.43. The van der Waals surface area contributed by atoms with Crippen LogP contribution in [0.3, 0.4) is 0 Å². The van der Waals surface area contributed by atoms with E-state index in [1.807, 2.05) is 56.4 Å². The monoisotopic (exact) mass is 367 g/mol. The van der Waals surface area contributed by atoms with Crippen LogP contribution in [0.15, 0.2) is 54.6 Å². The number of likely N-dealkylation sites (N-methyl/N-ethyl adjacent to an activating group) is 1. The Kier molecular flexibility index (Phi) is 7.55. The predicted octanol–water partition coefficient (Wildman–Crippen LogP) is 2.50. The van der Waals surface area contributed by atoms with Gasteiger partial charge in [0.05, 0.1) is 12.6 Å². The van der Waals surface area contributed by atoms with Crippen LogP contribution in [0.1, 0.15) is 18.1 Å². The van der Waals surface area contributed by atoms with Gasteiger partial charge in [-0.1, -0.05) is 42.5 Å². The lowest BCUT2D eigenvalue weighted by Crippen LogP contribution is -2.45. The van der Waals surface area contributed by atoms with E-state index in [0.29, 0.717) is 13.0 Å². The molecule has 5 heteroatoms. The first kappa shape index (κ1) is 20.6. The van der Waals surface area contributed by atoms with Gasteiger partial charge in [0.2, 0.25) is 5.91 Å². The quantitative estimate of drug-likeness (QED) is 0.740. The first-order chi connectivity index (χ1) is 12.8. The Hall–Kier alpha value is -2.66. The molecule has 0 aliphatic carbocycles. The molecule has 0 saturated carbocycles. The predicted molar refractivity (Wildman–Crippen MR) is 110 cm³/mol. The van der Waals surface area contributed by atoms with Gasteiger partial charge in [0.25, 0.3) is 0 Å². The van der Waals surface area contributed by atoms with Crippen molar-refractivity contribution in [3.63, 3.8) is 0 Å². The molecular weight excluding hydrogens is 338 g/mol. The van der Waals surface area contributed by atoms with Crippen molar-refractivity contribution in [1.29, 1.82) is 0 Å². The van der Waals surface area contributed by atoms with E-state index in [2.05, 4.69) is 34.5 Å². The molecule has 5 nitrogen and oxygen atoms in total. The normalized spacial score (nSPS) is 11.9. The zero-order valence-electron chi connectivity index (χ0n) is 16.6. The Bertz CT molecular complexity index is 742. The minimum atomic E-state index is -0.493. The smallest absolute Gasteiger partial charge is 0.234 e. The van der Waals surface area contributed by atoms with Crippen LogP contribution in [-0.4, -0.2) is 50.3 Å². The second kappa shape index (κ2) is 9.88. The summed E-state index contributed by atoms with van der Waals surface area (Å²) in [6, 6.07) is 17.5. The Balaban J connectivity index is 1.87. The molecule has 144 valence electrons. The highest BCUT2D eigenvalue weighted by molar-refractivity contribution is 5.88. The minimum absolute atomic E-state index is 0.0332. The zero-order chi connectivity index (χ0) is 19.8. The van der Waals surface area contributed by atoms with Crippen LogP contribution < -0.4 is 10.2 Å². The molecule has 0 saturated heterocycles. The van der Waals surface area contributed by atoms with Gasteiger partial charge in [-0.2, -0.15) is 0 Å². The molecule has 1 N–H and O–H groups in total. The first-order valence-electron chi connectivity index (χ1n) is 9.13. The molecule has 0 aliphatic heterocycles. The van der Waals surface area contributed by atoms with E-state index < -0.39 is 6.04 Å². The summed E-state index contributed by atoms with van der Waals surface area (Å²) in [6.07, 6.45) is 0.512. The van der Waals surface area contributed by atoms with Crippen molar-refractivity contribution in [2.24, 2.45) is 0 Å². The maximum Gasteiger partial charge on any atom is 0.234 e. The number of Topliss-reactive ketones (excluding diaryl/α,β-unsaturated/α-hetero) is 1. The van der Waals surface area contributed by atoms with Gasteiger partial charge in [0, 0.05) is 26.3 Å². The van der Waals surface area contributed by atoms with E-state index in [-0.39, 0.29) is 18.2 Å². The van der Waals surface area contributed by atoms with Crippen LogP contribution in [0.2, 0.25) is 0 Å². The molecule has 2 aromatic rings. The standard InChI is InChI=1S/C22H29N3O2/c1-17(26)21(14-18-8-6-5-7-9-18)23-22(27)16-25(4)15-19-10-12-20(13-11-19)24(2)3/h5-13,21H,14-16H2,1-4H3,(H,23,27)/t21-/m0/s1.